The van der Waals surface area contributed by atoms with Crippen molar-refractivity contribution >= 4 is 41.7 Å². The highest BCUT2D eigenvalue weighted by Crippen LogP contribution is 2.32. The van der Waals surface area contributed by atoms with Gasteiger partial charge in [0, 0.05) is 51.3 Å². The maximum atomic E-state index is 13.9. The van der Waals surface area contributed by atoms with Crippen LogP contribution in [0.25, 0.3) is 0 Å². The standard InChI is InChI=1S/C37H47N7O6/c1-3-32(46)40-31(36(48)42-20-21-43(37(49)50)30(24-42)22-26-10-6-4-7-11-26)23-27-14-16-29(17-15-27)39-35(47)34(28-12-8-5-9-13-28)44(25-45)33-18-19-38-41(33)2/h4,6-7,10-11,14-19,25,28,30-31,34H,3,5,8-9,12-13,20-24H2,1-2H3,(H,39,47)(H,40,46)(H,49,50)/t30-,31+,34-/m0/s1. The number of hydrogen-bond donors (Lipinski definition) is 3. The maximum absolute atomic E-state index is 13.9. The van der Waals surface area contributed by atoms with Crippen LogP contribution >= 0.6 is 0 Å². The number of rotatable bonds is 13. The van der Waals surface area contributed by atoms with Crippen molar-refractivity contribution in [1.82, 2.24) is 24.9 Å². The first-order valence-corrected chi connectivity index (χ1v) is 17.4. The molecular weight excluding hydrogens is 638 g/mol. The molecule has 0 radical (unpaired) electrons. The molecule has 13 nitrogen and oxygen atoms in total. The third kappa shape index (κ3) is 8.87. The Morgan fingerprint density at radius 3 is 2.32 bits per heavy atom. The van der Waals surface area contributed by atoms with Gasteiger partial charge in [-0.25, -0.2) is 4.79 Å². The number of benzene rings is 2. The SMILES string of the molecule is CCC(=O)N[C@H](Cc1ccc(NC(=O)[C@H](C2CCCCC2)N(C=O)c2ccnn2C)cc1)C(=O)N1CCN(C(=O)O)[C@@H](Cc2ccccc2)C1. The maximum Gasteiger partial charge on any atom is 0.407 e. The second kappa shape index (κ2) is 17.0. The number of aromatic nitrogens is 2. The molecule has 5 rings (SSSR count). The van der Waals surface area contributed by atoms with E-state index in [1.165, 1.54) is 9.80 Å². The van der Waals surface area contributed by atoms with Gasteiger partial charge in [-0.05, 0) is 48.4 Å². The van der Waals surface area contributed by atoms with E-state index >= 15 is 0 Å². The number of aryl methyl sites for hydroxylation is 1. The van der Waals surface area contributed by atoms with Crippen molar-refractivity contribution in [2.24, 2.45) is 13.0 Å². The fourth-order valence-corrected chi connectivity index (χ4v) is 7.16. The zero-order valence-corrected chi connectivity index (χ0v) is 28.7. The number of carboxylic acid groups (broad SMARTS) is 1. The topological polar surface area (TPSA) is 157 Å². The molecule has 3 aromatic rings. The highest BCUT2D eigenvalue weighted by atomic mass is 16.4. The van der Waals surface area contributed by atoms with E-state index < -0.39 is 24.2 Å². The lowest BCUT2D eigenvalue weighted by molar-refractivity contribution is -0.138. The minimum absolute atomic E-state index is 0.00160. The minimum atomic E-state index is -1.03. The van der Waals surface area contributed by atoms with Crippen molar-refractivity contribution in [2.45, 2.75) is 76.4 Å². The number of carbonyl (C=O) groups excluding carboxylic acids is 4. The lowest BCUT2D eigenvalue weighted by Gasteiger charge is -2.41. The van der Waals surface area contributed by atoms with Gasteiger partial charge in [0.1, 0.15) is 17.9 Å². The fourth-order valence-electron chi connectivity index (χ4n) is 7.16. The van der Waals surface area contributed by atoms with Crippen LogP contribution in [0.4, 0.5) is 16.3 Å². The minimum Gasteiger partial charge on any atom is -0.465 e. The molecule has 1 saturated heterocycles. The molecule has 0 bridgehead atoms. The Bertz CT molecular complexity index is 1620. The van der Waals surface area contributed by atoms with Crippen LogP contribution in [-0.4, -0.2) is 92.7 Å². The molecule has 3 atom stereocenters. The second-order valence-electron chi connectivity index (χ2n) is 13.1. The Labute approximate surface area is 292 Å². The van der Waals surface area contributed by atoms with Gasteiger partial charge in [0.25, 0.3) is 0 Å². The zero-order valence-electron chi connectivity index (χ0n) is 28.7. The predicted molar refractivity (Wildman–Crippen MR) is 188 cm³/mol. The van der Waals surface area contributed by atoms with Gasteiger partial charge >= 0.3 is 6.09 Å². The number of anilines is 2. The Morgan fingerprint density at radius 2 is 1.70 bits per heavy atom. The van der Waals surface area contributed by atoms with Crippen LogP contribution < -0.4 is 15.5 Å². The van der Waals surface area contributed by atoms with Crippen LogP contribution in [0.3, 0.4) is 0 Å². The zero-order chi connectivity index (χ0) is 35.6. The van der Waals surface area contributed by atoms with Gasteiger partial charge in [0.15, 0.2) is 0 Å². The normalized spacial score (nSPS) is 17.8. The monoisotopic (exact) mass is 685 g/mol. The van der Waals surface area contributed by atoms with Crippen molar-refractivity contribution in [3.8, 4) is 0 Å². The van der Waals surface area contributed by atoms with E-state index in [9.17, 15) is 29.1 Å². The molecule has 50 heavy (non-hydrogen) atoms. The highest BCUT2D eigenvalue weighted by molar-refractivity contribution is 6.00. The first-order chi connectivity index (χ1) is 24.2. The second-order valence-corrected chi connectivity index (χ2v) is 13.1. The van der Waals surface area contributed by atoms with Crippen LogP contribution in [0.15, 0.2) is 66.9 Å². The first-order valence-electron chi connectivity index (χ1n) is 17.4. The predicted octanol–water partition coefficient (Wildman–Crippen LogP) is 3.84. The van der Waals surface area contributed by atoms with Crippen LogP contribution in [0.2, 0.25) is 0 Å². The van der Waals surface area contributed by atoms with Crippen molar-refractivity contribution in [2.75, 3.05) is 29.9 Å². The molecule has 1 aromatic heterocycles. The van der Waals surface area contributed by atoms with Gasteiger partial charge < -0.3 is 25.5 Å². The molecule has 3 N–H and O–H groups in total. The van der Waals surface area contributed by atoms with Crippen molar-refractivity contribution < 1.29 is 29.1 Å². The van der Waals surface area contributed by atoms with Crippen LogP contribution in [0.5, 0.6) is 0 Å². The van der Waals surface area contributed by atoms with Crippen molar-refractivity contribution in [3.63, 3.8) is 0 Å². The third-order valence-corrected chi connectivity index (χ3v) is 9.81. The molecular formula is C37H47N7O6. The molecule has 13 heteroatoms. The highest BCUT2D eigenvalue weighted by Gasteiger charge is 2.37. The van der Waals surface area contributed by atoms with Crippen LogP contribution in [-0.2, 0) is 39.1 Å². The molecule has 2 aliphatic rings. The van der Waals surface area contributed by atoms with E-state index in [0.717, 1.165) is 43.2 Å². The van der Waals surface area contributed by atoms with E-state index in [0.29, 0.717) is 24.3 Å². The van der Waals surface area contributed by atoms with E-state index in [4.69, 9.17) is 0 Å². The molecule has 1 aliphatic heterocycles. The Balaban J connectivity index is 1.29. The summed E-state index contributed by atoms with van der Waals surface area (Å²) in [6, 6.07) is 16.4. The number of hydrogen-bond acceptors (Lipinski definition) is 6. The largest absolute Gasteiger partial charge is 0.465 e. The van der Waals surface area contributed by atoms with Crippen LogP contribution in [0.1, 0.15) is 56.6 Å². The molecule has 1 aliphatic carbocycles. The molecule has 0 unspecified atom stereocenters. The number of nitrogens with zero attached hydrogens (tertiary/aromatic N) is 5. The quantitative estimate of drug-likeness (QED) is 0.231. The van der Waals surface area contributed by atoms with E-state index in [2.05, 4.69) is 15.7 Å². The number of carbonyl (C=O) groups is 5. The smallest absolute Gasteiger partial charge is 0.407 e. The van der Waals surface area contributed by atoms with Gasteiger partial charge in [-0.2, -0.15) is 5.10 Å². The van der Waals surface area contributed by atoms with Crippen molar-refractivity contribution in [3.05, 3.63) is 78.0 Å². The third-order valence-electron chi connectivity index (χ3n) is 9.81. The summed E-state index contributed by atoms with van der Waals surface area (Å²) in [6.45, 7) is 2.32. The number of piperazine rings is 1. The van der Waals surface area contributed by atoms with Gasteiger partial charge in [-0.15, -0.1) is 0 Å². The Morgan fingerprint density at radius 1 is 0.980 bits per heavy atom. The fraction of sp³-hybridized carbons (Fsp3) is 0.459. The molecule has 2 fully saturated rings. The summed E-state index contributed by atoms with van der Waals surface area (Å²) >= 11 is 0. The van der Waals surface area contributed by atoms with Crippen LogP contribution in [0, 0.1) is 5.92 Å². The molecule has 5 amide bonds. The van der Waals surface area contributed by atoms with Gasteiger partial charge in [0.2, 0.25) is 24.1 Å². The molecule has 1 saturated carbocycles. The summed E-state index contributed by atoms with van der Waals surface area (Å²) in [5.74, 6) is -0.277. The molecule has 2 aromatic carbocycles. The average molecular weight is 686 g/mol. The lowest BCUT2D eigenvalue weighted by Crippen LogP contribution is -2.60. The first kappa shape index (κ1) is 36.1. The molecule has 266 valence electrons. The summed E-state index contributed by atoms with van der Waals surface area (Å²) in [4.78, 5) is 69.2. The average Bonchev–Trinajstić information content (AvgIpc) is 3.56. The van der Waals surface area contributed by atoms with Crippen molar-refractivity contribution in [1.29, 1.82) is 0 Å². The van der Waals surface area contributed by atoms with E-state index in [1.54, 1.807) is 47.9 Å². The Kier molecular flexibility index (Phi) is 12.2. The van der Waals surface area contributed by atoms with Gasteiger partial charge in [0.05, 0.1) is 12.2 Å². The summed E-state index contributed by atoms with van der Waals surface area (Å²) in [5, 5.41) is 19.9. The summed E-state index contributed by atoms with van der Waals surface area (Å²) in [7, 11) is 1.74. The van der Waals surface area contributed by atoms with Gasteiger partial charge in [-0.1, -0.05) is 68.7 Å². The summed E-state index contributed by atoms with van der Waals surface area (Å²) in [5.41, 5.74) is 2.29. The number of amides is 5. The lowest BCUT2D eigenvalue weighted by atomic mass is 9.82. The summed E-state index contributed by atoms with van der Waals surface area (Å²) < 4.78 is 1.58. The Hall–Kier alpha value is -5.20. The van der Waals surface area contributed by atoms with Gasteiger partial charge in [-0.3, -0.25) is 28.8 Å². The van der Waals surface area contributed by atoms with E-state index in [-0.39, 0.29) is 56.1 Å². The molecule has 0 spiro atoms. The molecule has 2 heterocycles. The number of nitrogens with one attached hydrogen (secondary N) is 2. The summed E-state index contributed by atoms with van der Waals surface area (Å²) in [6.07, 6.45) is 6.94. The van der Waals surface area contributed by atoms with E-state index in [1.807, 2.05) is 42.5 Å².